The van der Waals surface area contributed by atoms with Crippen LogP contribution in [0.25, 0.3) is 0 Å². The molecule has 0 unspecified atom stereocenters. The van der Waals surface area contributed by atoms with Gasteiger partial charge in [-0.3, -0.25) is 0 Å². The number of aryl methyl sites for hydroxylation is 2. The molecule has 0 aliphatic heterocycles. The fourth-order valence-electron chi connectivity index (χ4n) is 2.55. The minimum Gasteiger partial charge on any atom is -0.320 e. The number of carbonyl (C=O) groups excluding carboxylic acids is 1. The van der Waals surface area contributed by atoms with Gasteiger partial charge in [-0.25, -0.2) is 4.79 Å². The average Bonchev–Trinajstić information content (AvgIpc) is 2.55. The number of urea groups is 1. The summed E-state index contributed by atoms with van der Waals surface area (Å²) >= 11 is 0. The van der Waals surface area contributed by atoms with E-state index in [0.717, 1.165) is 36.2 Å². The Morgan fingerprint density at radius 1 is 1.09 bits per heavy atom. The van der Waals surface area contributed by atoms with Crippen molar-refractivity contribution in [3.8, 4) is 0 Å². The Labute approximate surface area is 139 Å². The summed E-state index contributed by atoms with van der Waals surface area (Å²) in [6, 6.07) is 16.2. The number of nitrogens with one attached hydrogen (secondary N) is 1. The lowest BCUT2D eigenvalue weighted by atomic mass is 10.1. The molecule has 1 N–H and O–H groups in total. The fourth-order valence-corrected chi connectivity index (χ4v) is 2.55. The van der Waals surface area contributed by atoms with Gasteiger partial charge in [-0.1, -0.05) is 61.4 Å². The number of unbranched alkanes of at least 4 members (excludes halogenated alkanes) is 1. The van der Waals surface area contributed by atoms with Gasteiger partial charge in [0.1, 0.15) is 0 Å². The number of benzene rings is 2. The van der Waals surface area contributed by atoms with Crippen molar-refractivity contribution in [1.82, 2.24) is 4.90 Å². The Balaban J connectivity index is 2.09. The van der Waals surface area contributed by atoms with Gasteiger partial charge in [0.2, 0.25) is 0 Å². The predicted octanol–water partition coefficient (Wildman–Crippen LogP) is 5.14. The second kappa shape index (κ2) is 8.37. The molecule has 2 amide bonds. The lowest BCUT2D eigenvalue weighted by Crippen LogP contribution is -2.35. The maximum atomic E-state index is 12.7. The molecule has 0 bridgehead atoms. The van der Waals surface area contributed by atoms with E-state index >= 15 is 0 Å². The van der Waals surface area contributed by atoms with Gasteiger partial charge in [-0.05, 0) is 37.5 Å². The molecule has 3 heteroatoms. The van der Waals surface area contributed by atoms with Crippen LogP contribution >= 0.6 is 0 Å². The molecule has 2 rings (SSSR count). The van der Waals surface area contributed by atoms with E-state index < -0.39 is 0 Å². The van der Waals surface area contributed by atoms with Crippen LogP contribution in [0.15, 0.2) is 48.5 Å². The highest BCUT2D eigenvalue weighted by atomic mass is 16.2. The van der Waals surface area contributed by atoms with Crippen molar-refractivity contribution < 1.29 is 4.79 Å². The van der Waals surface area contributed by atoms with Gasteiger partial charge < -0.3 is 10.2 Å². The molecule has 0 spiro atoms. The van der Waals surface area contributed by atoms with E-state index in [-0.39, 0.29) is 6.03 Å². The van der Waals surface area contributed by atoms with Crippen molar-refractivity contribution in [3.05, 3.63) is 65.2 Å². The van der Waals surface area contributed by atoms with Gasteiger partial charge in [0.15, 0.2) is 0 Å². The molecule has 0 saturated heterocycles. The van der Waals surface area contributed by atoms with Crippen LogP contribution in [-0.4, -0.2) is 17.5 Å². The quantitative estimate of drug-likeness (QED) is 0.787. The first kappa shape index (κ1) is 17.1. The van der Waals surface area contributed by atoms with Crippen molar-refractivity contribution in [3.63, 3.8) is 0 Å². The van der Waals surface area contributed by atoms with E-state index in [0.29, 0.717) is 6.54 Å². The Hall–Kier alpha value is -2.29. The summed E-state index contributed by atoms with van der Waals surface area (Å²) in [6.07, 6.45) is 2.08. The van der Waals surface area contributed by atoms with Crippen molar-refractivity contribution in [2.45, 2.75) is 40.2 Å². The summed E-state index contributed by atoms with van der Waals surface area (Å²) in [5.74, 6) is 0. The molecule has 0 radical (unpaired) electrons. The van der Waals surface area contributed by atoms with E-state index in [1.54, 1.807) is 0 Å². The van der Waals surface area contributed by atoms with Gasteiger partial charge in [0, 0.05) is 18.8 Å². The third kappa shape index (κ3) is 5.13. The van der Waals surface area contributed by atoms with Gasteiger partial charge in [0.05, 0.1) is 0 Å². The van der Waals surface area contributed by atoms with Crippen LogP contribution in [0.1, 0.15) is 36.5 Å². The average molecular weight is 310 g/mol. The fraction of sp³-hybridized carbons (Fsp3) is 0.350. The molecule has 3 nitrogen and oxygen atoms in total. The van der Waals surface area contributed by atoms with Gasteiger partial charge >= 0.3 is 6.03 Å². The molecule has 0 aliphatic carbocycles. The van der Waals surface area contributed by atoms with Crippen LogP contribution < -0.4 is 5.32 Å². The van der Waals surface area contributed by atoms with E-state index in [4.69, 9.17) is 0 Å². The van der Waals surface area contributed by atoms with Crippen molar-refractivity contribution >= 4 is 11.7 Å². The first-order valence-electron chi connectivity index (χ1n) is 8.27. The largest absolute Gasteiger partial charge is 0.322 e. The molecule has 0 aliphatic rings. The smallest absolute Gasteiger partial charge is 0.320 e. The molecule has 0 fully saturated rings. The lowest BCUT2D eigenvalue weighted by Gasteiger charge is -2.23. The first-order valence-corrected chi connectivity index (χ1v) is 8.27. The number of nitrogens with zero attached hydrogens (tertiary/aromatic N) is 1. The predicted molar refractivity (Wildman–Crippen MR) is 96.7 cm³/mol. The summed E-state index contributed by atoms with van der Waals surface area (Å²) in [5, 5.41) is 3.05. The number of rotatable bonds is 6. The highest BCUT2D eigenvalue weighted by molar-refractivity contribution is 5.90. The van der Waals surface area contributed by atoms with Gasteiger partial charge in [-0.15, -0.1) is 0 Å². The maximum absolute atomic E-state index is 12.7. The topological polar surface area (TPSA) is 32.3 Å². The summed E-state index contributed by atoms with van der Waals surface area (Å²) in [7, 11) is 0. The monoisotopic (exact) mass is 310 g/mol. The van der Waals surface area contributed by atoms with Crippen LogP contribution in [0, 0.1) is 13.8 Å². The summed E-state index contributed by atoms with van der Waals surface area (Å²) in [4.78, 5) is 14.6. The molecule has 0 aromatic heterocycles. The SMILES string of the molecule is CCCCN(Cc1ccccc1)C(=O)Nc1ccc(C)cc1C. The van der Waals surface area contributed by atoms with Crippen LogP contribution in [0.3, 0.4) is 0 Å². The van der Waals surface area contributed by atoms with E-state index in [2.05, 4.69) is 37.4 Å². The number of hydrogen-bond donors (Lipinski definition) is 1. The second-order valence-corrected chi connectivity index (χ2v) is 6.01. The zero-order valence-electron chi connectivity index (χ0n) is 14.3. The van der Waals surface area contributed by atoms with Gasteiger partial charge in [-0.2, -0.15) is 0 Å². The first-order chi connectivity index (χ1) is 11.1. The Kier molecular flexibility index (Phi) is 6.21. The molecule has 0 saturated carbocycles. The molecule has 2 aromatic carbocycles. The Morgan fingerprint density at radius 2 is 1.83 bits per heavy atom. The lowest BCUT2D eigenvalue weighted by molar-refractivity contribution is 0.208. The molecular weight excluding hydrogens is 284 g/mol. The van der Waals surface area contributed by atoms with Crippen LogP contribution in [0.4, 0.5) is 10.5 Å². The van der Waals surface area contributed by atoms with Crippen molar-refractivity contribution in [2.24, 2.45) is 0 Å². The molecule has 0 atom stereocenters. The number of hydrogen-bond acceptors (Lipinski definition) is 1. The zero-order valence-corrected chi connectivity index (χ0v) is 14.3. The van der Waals surface area contributed by atoms with E-state index in [1.165, 1.54) is 5.56 Å². The highest BCUT2D eigenvalue weighted by Gasteiger charge is 2.14. The normalized spacial score (nSPS) is 10.4. The van der Waals surface area contributed by atoms with Gasteiger partial charge in [0.25, 0.3) is 0 Å². The molecule has 23 heavy (non-hydrogen) atoms. The number of carbonyl (C=O) groups is 1. The zero-order chi connectivity index (χ0) is 16.7. The third-order valence-corrected chi connectivity index (χ3v) is 3.91. The third-order valence-electron chi connectivity index (χ3n) is 3.91. The summed E-state index contributed by atoms with van der Waals surface area (Å²) in [6.45, 7) is 7.63. The number of amides is 2. The molecule has 122 valence electrons. The van der Waals surface area contributed by atoms with Crippen LogP contribution in [0.5, 0.6) is 0 Å². The second-order valence-electron chi connectivity index (χ2n) is 6.01. The highest BCUT2D eigenvalue weighted by Crippen LogP contribution is 2.17. The standard InChI is InChI=1S/C20H26N2O/c1-4-5-13-22(15-18-9-7-6-8-10-18)20(23)21-19-12-11-16(2)14-17(19)3/h6-12,14H,4-5,13,15H2,1-3H3,(H,21,23). The molecular formula is C20H26N2O. The van der Waals surface area contributed by atoms with Crippen molar-refractivity contribution in [2.75, 3.05) is 11.9 Å². The minimum atomic E-state index is -0.0331. The van der Waals surface area contributed by atoms with E-state index in [1.807, 2.05) is 42.2 Å². The molecule has 0 heterocycles. The van der Waals surface area contributed by atoms with E-state index in [9.17, 15) is 4.79 Å². The number of anilines is 1. The molecule has 2 aromatic rings. The summed E-state index contributed by atoms with van der Waals surface area (Å²) in [5.41, 5.74) is 4.33. The summed E-state index contributed by atoms with van der Waals surface area (Å²) < 4.78 is 0. The minimum absolute atomic E-state index is 0.0331. The Morgan fingerprint density at radius 3 is 2.48 bits per heavy atom. The van der Waals surface area contributed by atoms with Crippen molar-refractivity contribution in [1.29, 1.82) is 0 Å². The maximum Gasteiger partial charge on any atom is 0.322 e. The van der Waals surface area contributed by atoms with Crippen LogP contribution in [0.2, 0.25) is 0 Å². The Bertz CT molecular complexity index is 637. The van der Waals surface area contributed by atoms with Crippen LogP contribution in [-0.2, 0) is 6.54 Å².